The first kappa shape index (κ1) is 32.6. The minimum Gasteiger partial charge on any atom is -0.481 e. The fourth-order valence-electron chi connectivity index (χ4n) is 3.20. The Bertz CT molecular complexity index is 798. The van der Waals surface area contributed by atoms with Crippen LogP contribution in [-0.4, -0.2) is 76.5 Å². The summed E-state index contributed by atoms with van der Waals surface area (Å²) in [6.45, 7) is 7.13. The molecule has 4 atom stereocenters. The Morgan fingerprint density at radius 2 is 1.39 bits per heavy atom. The first-order valence-electron chi connectivity index (χ1n) is 11.8. The van der Waals surface area contributed by atoms with Crippen molar-refractivity contribution < 1.29 is 34.2 Å². The van der Waals surface area contributed by atoms with Crippen LogP contribution in [0.15, 0.2) is 4.99 Å². The van der Waals surface area contributed by atoms with E-state index < -0.39 is 59.7 Å². The molecule has 14 heteroatoms. The first-order valence-corrected chi connectivity index (χ1v) is 11.8. The maximum Gasteiger partial charge on any atom is 0.326 e. The van der Waals surface area contributed by atoms with Gasteiger partial charge in [-0.2, -0.15) is 0 Å². The largest absolute Gasteiger partial charge is 0.481 e. The number of guanidine groups is 1. The monoisotopic (exact) mass is 515 g/mol. The van der Waals surface area contributed by atoms with Gasteiger partial charge in [-0.25, -0.2) is 4.79 Å². The Morgan fingerprint density at radius 3 is 1.86 bits per heavy atom. The molecule has 0 aliphatic rings. The molecule has 0 aromatic carbocycles. The normalized spacial score (nSPS) is 14.3. The van der Waals surface area contributed by atoms with Crippen molar-refractivity contribution in [3.63, 3.8) is 0 Å². The molecular formula is C22H41N7O7. The predicted octanol–water partition coefficient (Wildman–Crippen LogP) is -1.53. The molecule has 14 nitrogen and oxygen atoms in total. The van der Waals surface area contributed by atoms with Gasteiger partial charge in [0.15, 0.2) is 5.96 Å². The SMILES string of the molecule is CC(C)CC(NC(=O)C(CCCN=C(N)N)NC(=O)C(N)CCC(=O)O)C(=O)NC(C(=O)O)C(C)C. The van der Waals surface area contributed by atoms with Gasteiger partial charge in [-0.1, -0.05) is 27.7 Å². The van der Waals surface area contributed by atoms with E-state index in [0.717, 1.165) is 0 Å². The molecule has 0 bridgehead atoms. The van der Waals surface area contributed by atoms with Crippen molar-refractivity contribution in [1.82, 2.24) is 16.0 Å². The first-order chi connectivity index (χ1) is 16.6. The number of nitrogens with one attached hydrogen (secondary N) is 3. The third-order valence-electron chi connectivity index (χ3n) is 5.15. The van der Waals surface area contributed by atoms with Crippen molar-refractivity contribution in [1.29, 1.82) is 0 Å². The van der Waals surface area contributed by atoms with Gasteiger partial charge in [-0.15, -0.1) is 0 Å². The molecule has 0 saturated carbocycles. The van der Waals surface area contributed by atoms with E-state index >= 15 is 0 Å². The minimum atomic E-state index is -1.20. The highest BCUT2D eigenvalue weighted by atomic mass is 16.4. The van der Waals surface area contributed by atoms with Crippen LogP contribution in [-0.2, 0) is 24.0 Å². The zero-order chi connectivity index (χ0) is 28.0. The van der Waals surface area contributed by atoms with Crippen molar-refractivity contribution in [2.75, 3.05) is 6.54 Å². The lowest BCUT2D eigenvalue weighted by Gasteiger charge is -2.27. The predicted molar refractivity (Wildman–Crippen MR) is 132 cm³/mol. The summed E-state index contributed by atoms with van der Waals surface area (Å²) in [5, 5.41) is 25.7. The van der Waals surface area contributed by atoms with E-state index in [0.29, 0.717) is 6.42 Å². The maximum absolute atomic E-state index is 13.1. The van der Waals surface area contributed by atoms with Crippen LogP contribution in [0.25, 0.3) is 0 Å². The third-order valence-corrected chi connectivity index (χ3v) is 5.15. The number of carboxylic acid groups (broad SMARTS) is 2. The van der Waals surface area contributed by atoms with Gasteiger partial charge >= 0.3 is 11.9 Å². The second-order valence-corrected chi connectivity index (χ2v) is 9.31. The Labute approximate surface area is 210 Å². The molecule has 0 saturated heterocycles. The van der Waals surface area contributed by atoms with E-state index in [2.05, 4.69) is 20.9 Å². The lowest BCUT2D eigenvalue weighted by atomic mass is 9.99. The van der Waals surface area contributed by atoms with Crippen LogP contribution >= 0.6 is 0 Å². The second-order valence-electron chi connectivity index (χ2n) is 9.31. The zero-order valence-electron chi connectivity index (χ0n) is 21.3. The Balaban J connectivity index is 5.60. The second kappa shape index (κ2) is 16.3. The van der Waals surface area contributed by atoms with Crippen LogP contribution in [0, 0.1) is 11.8 Å². The highest BCUT2D eigenvalue weighted by Crippen LogP contribution is 2.09. The lowest BCUT2D eigenvalue weighted by molar-refractivity contribution is -0.143. The van der Waals surface area contributed by atoms with Gasteiger partial charge in [0.2, 0.25) is 17.7 Å². The number of carbonyl (C=O) groups is 5. The van der Waals surface area contributed by atoms with Crippen LogP contribution in [0.2, 0.25) is 0 Å². The molecule has 0 aromatic heterocycles. The van der Waals surface area contributed by atoms with Gasteiger partial charge in [-0.05, 0) is 37.5 Å². The van der Waals surface area contributed by atoms with Gasteiger partial charge in [0.1, 0.15) is 18.1 Å². The van der Waals surface area contributed by atoms with Gasteiger partial charge in [-0.3, -0.25) is 24.2 Å². The number of nitrogens with zero attached hydrogens (tertiary/aromatic N) is 1. The van der Waals surface area contributed by atoms with E-state index in [9.17, 15) is 29.1 Å². The summed E-state index contributed by atoms with van der Waals surface area (Å²) in [4.78, 5) is 64.6. The smallest absolute Gasteiger partial charge is 0.326 e. The number of carbonyl (C=O) groups excluding carboxylic acids is 3. The Kier molecular flexibility index (Phi) is 14.7. The summed E-state index contributed by atoms with van der Waals surface area (Å²) in [7, 11) is 0. The molecule has 0 aliphatic carbocycles. The molecule has 0 spiro atoms. The average Bonchev–Trinajstić information content (AvgIpc) is 2.75. The fourth-order valence-corrected chi connectivity index (χ4v) is 3.20. The van der Waals surface area contributed by atoms with Crippen LogP contribution in [0.1, 0.15) is 59.8 Å². The molecule has 0 radical (unpaired) electrons. The number of aliphatic carboxylic acids is 2. The Hall–Kier alpha value is -3.42. The van der Waals surface area contributed by atoms with Crippen molar-refractivity contribution in [3.05, 3.63) is 0 Å². The molecular weight excluding hydrogens is 474 g/mol. The van der Waals surface area contributed by atoms with Crippen molar-refractivity contribution in [3.8, 4) is 0 Å². The topological polar surface area (TPSA) is 252 Å². The standard InChI is InChI=1S/C22H41N7O7/c1-11(2)10-15(20(34)29-17(12(3)4)21(35)36)28-19(33)14(6-5-9-26-22(24)25)27-18(32)13(23)7-8-16(30)31/h11-15,17H,5-10,23H2,1-4H3,(H,27,32)(H,28,33)(H,29,34)(H,30,31)(H,35,36)(H4,24,25,26). The van der Waals surface area contributed by atoms with Gasteiger partial charge in [0.05, 0.1) is 6.04 Å². The average molecular weight is 516 g/mol. The maximum atomic E-state index is 13.1. The summed E-state index contributed by atoms with van der Waals surface area (Å²) in [5.41, 5.74) is 16.4. The highest BCUT2D eigenvalue weighted by molar-refractivity contribution is 5.94. The summed E-state index contributed by atoms with van der Waals surface area (Å²) < 4.78 is 0. The molecule has 4 unspecified atom stereocenters. The van der Waals surface area contributed by atoms with E-state index in [1.165, 1.54) is 0 Å². The molecule has 206 valence electrons. The van der Waals surface area contributed by atoms with Gasteiger partial charge in [0, 0.05) is 13.0 Å². The highest BCUT2D eigenvalue weighted by Gasteiger charge is 2.31. The van der Waals surface area contributed by atoms with Crippen molar-refractivity contribution >= 4 is 35.6 Å². The molecule has 36 heavy (non-hydrogen) atoms. The van der Waals surface area contributed by atoms with Gasteiger partial charge in [0.25, 0.3) is 0 Å². The van der Waals surface area contributed by atoms with E-state index in [1.807, 2.05) is 13.8 Å². The molecule has 0 fully saturated rings. The molecule has 3 amide bonds. The molecule has 0 heterocycles. The van der Waals surface area contributed by atoms with E-state index in [4.69, 9.17) is 22.3 Å². The number of amides is 3. The van der Waals surface area contributed by atoms with Crippen LogP contribution in [0.3, 0.4) is 0 Å². The fraction of sp³-hybridized carbons (Fsp3) is 0.727. The summed E-state index contributed by atoms with van der Waals surface area (Å²) in [6, 6.07) is -4.49. The molecule has 0 aliphatic heterocycles. The molecule has 0 aromatic rings. The molecule has 0 rings (SSSR count). The number of carboxylic acids is 2. The Morgan fingerprint density at radius 1 is 0.833 bits per heavy atom. The van der Waals surface area contributed by atoms with Crippen LogP contribution in [0.4, 0.5) is 0 Å². The van der Waals surface area contributed by atoms with Crippen LogP contribution in [0.5, 0.6) is 0 Å². The molecule has 11 N–H and O–H groups in total. The van der Waals surface area contributed by atoms with Gasteiger partial charge < -0.3 is 43.4 Å². The van der Waals surface area contributed by atoms with E-state index in [-0.39, 0.29) is 44.1 Å². The third kappa shape index (κ3) is 13.5. The summed E-state index contributed by atoms with van der Waals surface area (Å²) >= 11 is 0. The number of nitrogens with two attached hydrogens (primary N) is 3. The number of hydrogen-bond acceptors (Lipinski definition) is 7. The number of rotatable bonds is 17. The van der Waals surface area contributed by atoms with Crippen molar-refractivity contribution in [2.24, 2.45) is 34.0 Å². The quantitative estimate of drug-likeness (QED) is 0.0630. The zero-order valence-corrected chi connectivity index (χ0v) is 21.3. The minimum absolute atomic E-state index is 0.0253. The van der Waals surface area contributed by atoms with Crippen LogP contribution < -0.4 is 33.2 Å². The summed E-state index contributed by atoms with van der Waals surface area (Å²) in [5.74, 6) is -4.95. The van der Waals surface area contributed by atoms with Crippen molar-refractivity contribution in [2.45, 2.75) is 84.0 Å². The van der Waals surface area contributed by atoms with E-state index in [1.54, 1.807) is 13.8 Å². The lowest BCUT2D eigenvalue weighted by Crippen LogP contribution is -2.57. The number of aliphatic imine (C=N–C) groups is 1. The number of hydrogen-bond donors (Lipinski definition) is 8. The summed E-state index contributed by atoms with van der Waals surface area (Å²) in [6.07, 6.45) is 0.158.